The van der Waals surface area contributed by atoms with E-state index in [9.17, 15) is 4.79 Å². The highest BCUT2D eigenvalue weighted by atomic mass is 16.2. The van der Waals surface area contributed by atoms with E-state index < -0.39 is 0 Å². The number of rotatable bonds is 5. The Morgan fingerprint density at radius 1 is 1.24 bits per heavy atom. The van der Waals surface area contributed by atoms with Crippen LogP contribution < -0.4 is 5.32 Å². The van der Waals surface area contributed by atoms with Gasteiger partial charge in [0.15, 0.2) is 5.65 Å². The maximum atomic E-state index is 12.2. The molecule has 3 aromatic rings. The van der Waals surface area contributed by atoms with Crippen LogP contribution in [0.2, 0.25) is 0 Å². The van der Waals surface area contributed by atoms with Crippen molar-refractivity contribution in [2.75, 3.05) is 13.6 Å². The van der Waals surface area contributed by atoms with Crippen LogP contribution in [0.25, 0.3) is 5.65 Å². The molecule has 2 atom stereocenters. The van der Waals surface area contributed by atoms with Gasteiger partial charge >= 0.3 is 0 Å². The Balaban J connectivity index is 1.45. The number of amides is 1. The predicted molar refractivity (Wildman–Crippen MR) is 94.8 cm³/mol. The minimum Gasteiger partial charge on any atom is -0.338 e. The normalized spacial score (nSPS) is 20.5. The third-order valence-corrected chi connectivity index (χ3v) is 4.94. The molecule has 1 aromatic carbocycles. The van der Waals surface area contributed by atoms with Gasteiger partial charge in [0.05, 0.1) is 24.1 Å². The summed E-state index contributed by atoms with van der Waals surface area (Å²) >= 11 is 0. The van der Waals surface area contributed by atoms with E-state index in [2.05, 4.69) is 27.4 Å². The van der Waals surface area contributed by atoms with E-state index >= 15 is 0 Å². The molecule has 0 radical (unpaired) electrons. The minimum absolute atomic E-state index is 0.132. The summed E-state index contributed by atoms with van der Waals surface area (Å²) in [7, 11) is 1.90. The second kappa shape index (κ2) is 6.64. The molecule has 3 heterocycles. The van der Waals surface area contributed by atoms with Crippen LogP contribution in [-0.4, -0.2) is 38.8 Å². The van der Waals surface area contributed by atoms with Gasteiger partial charge in [0, 0.05) is 44.9 Å². The van der Waals surface area contributed by atoms with Crippen LogP contribution in [0.1, 0.15) is 23.7 Å². The molecule has 0 saturated carbocycles. The maximum absolute atomic E-state index is 12.2. The molecule has 6 nitrogen and oxygen atoms in total. The van der Waals surface area contributed by atoms with E-state index in [1.807, 2.05) is 46.9 Å². The van der Waals surface area contributed by atoms with Crippen molar-refractivity contribution in [2.24, 2.45) is 5.92 Å². The highest BCUT2D eigenvalue weighted by Gasteiger charge is 2.37. The summed E-state index contributed by atoms with van der Waals surface area (Å²) in [5.41, 5.74) is 3.13. The number of nitrogens with zero attached hydrogens (tertiary/aromatic N) is 4. The van der Waals surface area contributed by atoms with Gasteiger partial charge in [-0.25, -0.2) is 4.98 Å². The SMILES string of the molecule is CN1C(=O)C[C@@H](CNCc2cnc3cnccn23)[C@@H]1c1ccccc1. The highest BCUT2D eigenvalue weighted by Crippen LogP contribution is 2.36. The molecular formula is C19H21N5O. The van der Waals surface area contributed by atoms with E-state index in [0.29, 0.717) is 13.0 Å². The first-order valence-corrected chi connectivity index (χ1v) is 8.51. The Morgan fingerprint density at radius 3 is 2.92 bits per heavy atom. The standard InChI is InChI=1S/C19H21N5O/c1-23-18(25)9-15(19(23)14-5-3-2-4-6-14)10-21-11-16-12-22-17-13-20-7-8-24(16)17/h2-8,12-13,15,19,21H,9-11H2,1H3/t15-,19-/m0/s1. The lowest BCUT2D eigenvalue weighted by Gasteiger charge is -2.25. The monoisotopic (exact) mass is 335 g/mol. The number of nitrogens with one attached hydrogen (secondary N) is 1. The average molecular weight is 335 g/mol. The number of likely N-dealkylation sites (tertiary alicyclic amines) is 1. The third-order valence-electron chi connectivity index (χ3n) is 4.94. The van der Waals surface area contributed by atoms with Crippen molar-refractivity contribution >= 4 is 11.6 Å². The number of carbonyl (C=O) groups is 1. The molecule has 6 heteroatoms. The quantitative estimate of drug-likeness (QED) is 0.775. The zero-order chi connectivity index (χ0) is 17.2. The molecule has 0 spiro atoms. The molecule has 128 valence electrons. The molecule has 1 amide bonds. The fourth-order valence-electron chi connectivity index (χ4n) is 3.69. The molecule has 1 fully saturated rings. The third kappa shape index (κ3) is 3.00. The predicted octanol–water partition coefficient (Wildman–Crippen LogP) is 2.04. The van der Waals surface area contributed by atoms with Crippen molar-refractivity contribution in [1.82, 2.24) is 24.6 Å². The van der Waals surface area contributed by atoms with Gasteiger partial charge in [-0.15, -0.1) is 0 Å². The van der Waals surface area contributed by atoms with Crippen LogP contribution in [0.5, 0.6) is 0 Å². The first-order chi connectivity index (χ1) is 12.2. The fraction of sp³-hybridized carbons (Fsp3) is 0.316. The largest absolute Gasteiger partial charge is 0.338 e. The van der Waals surface area contributed by atoms with E-state index in [0.717, 1.165) is 17.9 Å². The van der Waals surface area contributed by atoms with Gasteiger partial charge in [-0.05, 0) is 5.56 Å². The molecule has 1 saturated heterocycles. The first-order valence-electron chi connectivity index (χ1n) is 8.51. The van der Waals surface area contributed by atoms with Gasteiger partial charge < -0.3 is 10.2 Å². The summed E-state index contributed by atoms with van der Waals surface area (Å²) in [5.74, 6) is 0.474. The molecule has 0 bridgehead atoms. The van der Waals surface area contributed by atoms with Gasteiger partial charge in [-0.1, -0.05) is 30.3 Å². The van der Waals surface area contributed by atoms with Gasteiger partial charge in [0.1, 0.15) is 0 Å². The van der Waals surface area contributed by atoms with Crippen molar-refractivity contribution in [1.29, 1.82) is 0 Å². The van der Waals surface area contributed by atoms with Crippen LogP contribution in [0.3, 0.4) is 0 Å². The first kappa shape index (κ1) is 15.8. The molecule has 4 rings (SSSR count). The zero-order valence-corrected chi connectivity index (χ0v) is 14.2. The van der Waals surface area contributed by atoms with Crippen LogP contribution in [0.15, 0.2) is 55.1 Å². The Morgan fingerprint density at radius 2 is 2.08 bits per heavy atom. The molecule has 0 unspecified atom stereocenters. The van der Waals surface area contributed by atoms with Crippen molar-refractivity contribution in [3.05, 3.63) is 66.4 Å². The number of benzene rings is 1. The van der Waals surface area contributed by atoms with E-state index in [1.165, 1.54) is 5.56 Å². The molecule has 2 aromatic heterocycles. The molecule has 0 aliphatic carbocycles. The number of imidazole rings is 1. The number of aromatic nitrogens is 3. The minimum atomic E-state index is 0.132. The summed E-state index contributed by atoms with van der Waals surface area (Å²) in [6.45, 7) is 1.50. The summed E-state index contributed by atoms with van der Waals surface area (Å²) in [6.07, 6.45) is 7.87. The van der Waals surface area contributed by atoms with Gasteiger partial charge in [0.2, 0.25) is 5.91 Å². The van der Waals surface area contributed by atoms with Crippen LogP contribution >= 0.6 is 0 Å². The lowest BCUT2D eigenvalue weighted by Crippen LogP contribution is -2.29. The summed E-state index contributed by atoms with van der Waals surface area (Å²) in [4.78, 5) is 22.5. The van der Waals surface area contributed by atoms with Crippen LogP contribution in [0, 0.1) is 5.92 Å². The van der Waals surface area contributed by atoms with E-state index in [-0.39, 0.29) is 17.9 Å². The lowest BCUT2D eigenvalue weighted by atomic mass is 9.93. The van der Waals surface area contributed by atoms with Crippen LogP contribution in [-0.2, 0) is 11.3 Å². The topological polar surface area (TPSA) is 62.5 Å². The number of hydrogen-bond acceptors (Lipinski definition) is 4. The van der Waals surface area contributed by atoms with Crippen molar-refractivity contribution in [2.45, 2.75) is 19.0 Å². The average Bonchev–Trinajstić information content (AvgIpc) is 3.17. The molecule has 25 heavy (non-hydrogen) atoms. The van der Waals surface area contributed by atoms with Gasteiger partial charge in [0.25, 0.3) is 0 Å². The summed E-state index contributed by atoms with van der Waals surface area (Å²) in [6, 6.07) is 10.4. The zero-order valence-electron chi connectivity index (χ0n) is 14.2. The van der Waals surface area contributed by atoms with Crippen molar-refractivity contribution in [3.8, 4) is 0 Å². The van der Waals surface area contributed by atoms with Gasteiger partial charge in [-0.2, -0.15) is 0 Å². The van der Waals surface area contributed by atoms with Crippen molar-refractivity contribution in [3.63, 3.8) is 0 Å². The number of fused-ring (bicyclic) bond motifs is 1. The lowest BCUT2D eigenvalue weighted by molar-refractivity contribution is -0.127. The maximum Gasteiger partial charge on any atom is 0.223 e. The molecule has 1 N–H and O–H groups in total. The Hall–Kier alpha value is -2.73. The fourth-order valence-corrected chi connectivity index (χ4v) is 3.69. The van der Waals surface area contributed by atoms with Crippen molar-refractivity contribution < 1.29 is 4.79 Å². The Labute approximate surface area is 146 Å². The van der Waals surface area contributed by atoms with E-state index in [4.69, 9.17) is 0 Å². The van der Waals surface area contributed by atoms with Gasteiger partial charge in [-0.3, -0.25) is 14.2 Å². The second-order valence-corrected chi connectivity index (χ2v) is 6.51. The van der Waals surface area contributed by atoms with E-state index in [1.54, 1.807) is 12.4 Å². The molecule has 1 aliphatic rings. The van der Waals surface area contributed by atoms with Crippen LogP contribution in [0.4, 0.5) is 0 Å². The number of carbonyl (C=O) groups excluding carboxylic acids is 1. The second-order valence-electron chi connectivity index (χ2n) is 6.51. The summed E-state index contributed by atoms with van der Waals surface area (Å²) < 4.78 is 2.03. The Kier molecular flexibility index (Phi) is 4.19. The Bertz CT molecular complexity index is 876. The smallest absolute Gasteiger partial charge is 0.223 e. The highest BCUT2D eigenvalue weighted by molar-refractivity contribution is 5.79. The summed E-state index contributed by atoms with van der Waals surface area (Å²) in [5, 5.41) is 3.50. The molecule has 1 aliphatic heterocycles. The molecular weight excluding hydrogens is 314 g/mol. The number of hydrogen-bond donors (Lipinski definition) is 1.